The Kier molecular flexibility index (Phi) is 4.80. The zero-order valence-corrected chi connectivity index (χ0v) is 13.0. The maximum absolute atomic E-state index is 12.8. The maximum atomic E-state index is 12.8. The normalized spacial score (nSPS) is 15.7. The zero-order chi connectivity index (χ0) is 15.4. The molecule has 0 unspecified atom stereocenters. The molecule has 2 heterocycles. The lowest BCUT2D eigenvalue weighted by molar-refractivity contribution is 0.0946. The molecule has 0 aliphatic carbocycles. The van der Waals surface area contributed by atoms with Gasteiger partial charge in [-0.05, 0) is 43.6 Å². The van der Waals surface area contributed by atoms with Crippen molar-refractivity contribution >= 4 is 17.2 Å². The number of piperidine rings is 1. The van der Waals surface area contributed by atoms with Crippen molar-refractivity contribution in [2.24, 2.45) is 0 Å². The van der Waals surface area contributed by atoms with Crippen LogP contribution in [-0.2, 0) is 6.54 Å². The van der Waals surface area contributed by atoms with Crippen LogP contribution in [0, 0.1) is 5.82 Å². The molecule has 3 rings (SSSR count). The molecule has 1 amide bonds. The van der Waals surface area contributed by atoms with Crippen molar-refractivity contribution in [3.63, 3.8) is 0 Å². The topological polar surface area (TPSA) is 54.0 Å². The lowest BCUT2D eigenvalue weighted by Crippen LogP contribution is -2.27. The molecule has 116 valence electrons. The average Bonchev–Trinajstić information content (AvgIpc) is 3.05. The number of carbonyl (C=O) groups excluding carboxylic acids is 1. The minimum atomic E-state index is -0.277. The van der Waals surface area contributed by atoms with Crippen molar-refractivity contribution in [1.82, 2.24) is 15.6 Å². The number of rotatable bonds is 4. The van der Waals surface area contributed by atoms with E-state index in [-0.39, 0.29) is 11.7 Å². The quantitative estimate of drug-likeness (QED) is 0.911. The molecule has 2 aromatic rings. The van der Waals surface area contributed by atoms with E-state index in [9.17, 15) is 9.18 Å². The van der Waals surface area contributed by atoms with Crippen molar-refractivity contribution in [3.05, 3.63) is 51.7 Å². The molecule has 1 aromatic carbocycles. The van der Waals surface area contributed by atoms with E-state index in [4.69, 9.17) is 0 Å². The van der Waals surface area contributed by atoms with Crippen molar-refractivity contribution in [2.45, 2.75) is 25.3 Å². The maximum Gasteiger partial charge on any atom is 0.271 e. The van der Waals surface area contributed by atoms with E-state index in [0.29, 0.717) is 18.2 Å². The van der Waals surface area contributed by atoms with E-state index in [1.807, 2.05) is 5.38 Å². The number of nitrogens with zero attached hydrogens (tertiary/aromatic N) is 1. The third-order valence-electron chi connectivity index (χ3n) is 3.81. The van der Waals surface area contributed by atoms with Gasteiger partial charge in [-0.15, -0.1) is 11.3 Å². The second-order valence-corrected chi connectivity index (χ2v) is 6.29. The summed E-state index contributed by atoms with van der Waals surface area (Å²) in [7, 11) is 0. The Hall–Kier alpha value is -1.79. The van der Waals surface area contributed by atoms with Gasteiger partial charge in [0, 0.05) is 17.8 Å². The lowest BCUT2D eigenvalue weighted by Gasteiger charge is -2.20. The Balaban J connectivity index is 1.58. The van der Waals surface area contributed by atoms with Gasteiger partial charge in [-0.2, -0.15) is 0 Å². The second kappa shape index (κ2) is 6.98. The molecule has 0 saturated carbocycles. The summed E-state index contributed by atoms with van der Waals surface area (Å²) in [5.41, 5.74) is 1.34. The largest absolute Gasteiger partial charge is 0.347 e. The highest BCUT2D eigenvalue weighted by molar-refractivity contribution is 7.09. The standard InChI is InChI=1S/C16H18FN3OS/c17-13-3-1-11(2-4-13)9-19-15(21)14-10-22-16(20-14)12-5-7-18-8-6-12/h1-4,10,12,18H,5-9H2,(H,19,21). The first-order valence-electron chi connectivity index (χ1n) is 7.41. The van der Waals surface area contributed by atoms with Gasteiger partial charge in [0.05, 0.1) is 5.01 Å². The molecule has 1 fully saturated rings. The molecular weight excluding hydrogens is 301 g/mol. The minimum absolute atomic E-state index is 0.180. The molecule has 2 N–H and O–H groups in total. The summed E-state index contributed by atoms with van der Waals surface area (Å²) in [6, 6.07) is 6.10. The number of hydrogen-bond donors (Lipinski definition) is 2. The van der Waals surface area contributed by atoms with Crippen molar-refractivity contribution in [3.8, 4) is 0 Å². The van der Waals surface area contributed by atoms with Gasteiger partial charge in [-0.3, -0.25) is 4.79 Å². The van der Waals surface area contributed by atoms with Gasteiger partial charge in [0.15, 0.2) is 0 Å². The average molecular weight is 319 g/mol. The first-order valence-corrected chi connectivity index (χ1v) is 8.29. The van der Waals surface area contributed by atoms with Crippen LogP contribution in [-0.4, -0.2) is 24.0 Å². The third kappa shape index (κ3) is 3.69. The molecule has 6 heteroatoms. The van der Waals surface area contributed by atoms with Crippen LogP contribution in [0.2, 0.25) is 0 Å². The number of hydrogen-bond acceptors (Lipinski definition) is 4. The van der Waals surface area contributed by atoms with Crippen LogP contribution in [0.4, 0.5) is 4.39 Å². The predicted molar refractivity (Wildman–Crippen MR) is 84.5 cm³/mol. The molecule has 0 radical (unpaired) electrons. The Bertz CT molecular complexity index is 635. The van der Waals surface area contributed by atoms with Crippen LogP contribution in [0.15, 0.2) is 29.6 Å². The molecule has 0 atom stereocenters. The summed E-state index contributed by atoms with van der Waals surface area (Å²) in [6.07, 6.45) is 2.15. The predicted octanol–water partition coefficient (Wildman–Crippen LogP) is 2.68. The monoisotopic (exact) mass is 319 g/mol. The zero-order valence-electron chi connectivity index (χ0n) is 12.1. The Labute approximate surface area is 132 Å². The van der Waals surface area contributed by atoms with Crippen LogP contribution in [0.1, 0.15) is 39.8 Å². The second-order valence-electron chi connectivity index (χ2n) is 5.40. The van der Waals surface area contributed by atoms with Gasteiger partial charge in [-0.25, -0.2) is 9.37 Å². The molecular formula is C16H18FN3OS. The fourth-order valence-corrected chi connectivity index (χ4v) is 3.49. The van der Waals surface area contributed by atoms with Crippen molar-refractivity contribution < 1.29 is 9.18 Å². The molecule has 0 spiro atoms. The first kappa shape index (κ1) is 15.1. The number of thiazole rings is 1. The first-order chi connectivity index (χ1) is 10.7. The van der Waals surface area contributed by atoms with Gasteiger partial charge in [0.25, 0.3) is 5.91 Å². The number of halogens is 1. The Morgan fingerprint density at radius 1 is 1.32 bits per heavy atom. The van der Waals surface area contributed by atoms with Crippen molar-refractivity contribution in [2.75, 3.05) is 13.1 Å². The summed E-state index contributed by atoms with van der Waals surface area (Å²) in [5, 5.41) is 9.02. The van der Waals surface area contributed by atoms with E-state index in [2.05, 4.69) is 15.6 Å². The fraction of sp³-hybridized carbons (Fsp3) is 0.375. The SMILES string of the molecule is O=C(NCc1ccc(F)cc1)c1csc(C2CCNCC2)n1. The van der Waals surface area contributed by atoms with Crippen molar-refractivity contribution in [1.29, 1.82) is 0 Å². The van der Waals surface area contributed by atoms with E-state index in [0.717, 1.165) is 36.5 Å². The van der Waals surface area contributed by atoms with Gasteiger partial charge < -0.3 is 10.6 Å². The number of aromatic nitrogens is 1. The molecule has 22 heavy (non-hydrogen) atoms. The smallest absolute Gasteiger partial charge is 0.271 e. The number of carbonyl (C=O) groups is 1. The molecule has 0 bridgehead atoms. The van der Waals surface area contributed by atoms with E-state index >= 15 is 0 Å². The summed E-state index contributed by atoms with van der Waals surface area (Å²) >= 11 is 1.56. The molecule has 1 aromatic heterocycles. The fourth-order valence-electron chi connectivity index (χ4n) is 2.52. The molecule has 1 saturated heterocycles. The number of nitrogens with one attached hydrogen (secondary N) is 2. The van der Waals surface area contributed by atoms with Gasteiger partial charge in [-0.1, -0.05) is 12.1 Å². The van der Waals surface area contributed by atoms with Gasteiger partial charge in [0.1, 0.15) is 11.5 Å². The van der Waals surface area contributed by atoms with Gasteiger partial charge in [0.2, 0.25) is 0 Å². The van der Waals surface area contributed by atoms with Crippen LogP contribution in [0.5, 0.6) is 0 Å². The van der Waals surface area contributed by atoms with Crippen LogP contribution < -0.4 is 10.6 Å². The molecule has 1 aliphatic heterocycles. The van der Waals surface area contributed by atoms with E-state index < -0.39 is 0 Å². The minimum Gasteiger partial charge on any atom is -0.347 e. The lowest BCUT2D eigenvalue weighted by atomic mass is 9.99. The third-order valence-corrected chi connectivity index (χ3v) is 4.82. The molecule has 4 nitrogen and oxygen atoms in total. The van der Waals surface area contributed by atoms with Crippen LogP contribution >= 0.6 is 11.3 Å². The summed E-state index contributed by atoms with van der Waals surface area (Å²) < 4.78 is 12.8. The highest BCUT2D eigenvalue weighted by Gasteiger charge is 2.20. The Morgan fingerprint density at radius 3 is 2.77 bits per heavy atom. The van der Waals surface area contributed by atoms with Gasteiger partial charge >= 0.3 is 0 Å². The van der Waals surface area contributed by atoms with E-state index in [1.165, 1.54) is 12.1 Å². The van der Waals surface area contributed by atoms with Crippen LogP contribution in [0.3, 0.4) is 0 Å². The summed E-state index contributed by atoms with van der Waals surface area (Å²) in [6.45, 7) is 2.39. The number of benzene rings is 1. The summed E-state index contributed by atoms with van der Waals surface area (Å²) in [4.78, 5) is 16.6. The van der Waals surface area contributed by atoms with E-state index in [1.54, 1.807) is 23.5 Å². The van der Waals surface area contributed by atoms with Crippen LogP contribution in [0.25, 0.3) is 0 Å². The highest BCUT2D eigenvalue weighted by atomic mass is 32.1. The summed E-state index contributed by atoms with van der Waals surface area (Å²) in [5.74, 6) is 0.00634. The number of amides is 1. The highest BCUT2D eigenvalue weighted by Crippen LogP contribution is 2.27. The Morgan fingerprint density at radius 2 is 2.05 bits per heavy atom. The molecule has 1 aliphatic rings.